The van der Waals surface area contributed by atoms with Gasteiger partial charge in [0.2, 0.25) is 5.91 Å². The van der Waals surface area contributed by atoms with E-state index < -0.39 is 5.97 Å². The van der Waals surface area contributed by atoms with Crippen LogP contribution in [0.25, 0.3) is 0 Å². The fourth-order valence-electron chi connectivity index (χ4n) is 1.20. The molecular weight excluding hydrogens is 212 g/mol. The molecule has 0 atom stereocenters. The normalized spacial score (nSPS) is 10.1. The van der Waals surface area contributed by atoms with E-state index in [2.05, 4.69) is 10.4 Å². The smallest absolute Gasteiger partial charge is 0.341 e. The Hall–Kier alpha value is -1.89. The Balaban J connectivity index is 2.76. The average molecular weight is 226 g/mol. The van der Waals surface area contributed by atoms with Crippen molar-refractivity contribution in [3.05, 3.63) is 11.8 Å². The summed E-state index contributed by atoms with van der Waals surface area (Å²) >= 11 is 0. The summed E-state index contributed by atoms with van der Waals surface area (Å²) < 4.78 is 1.31. The highest BCUT2D eigenvalue weighted by atomic mass is 16.4. The van der Waals surface area contributed by atoms with Crippen LogP contribution in [-0.4, -0.2) is 33.3 Å². The number of aromatic carboxylic acids is 1. The van der Waals surface area contributed by atoms with Gasteiger partial charge in [-0.05, 0) is 13.0 Å². The van der Waals surface area contributed by atoms with Gasteiger partial charge in [-0.1, -0.05) is 0 Å². The van der Waals surface area contributed by atoms with Crippen molar-refractivity contribution in [2.45, 2.75) is 12.8 Å². The average Bonchev–Trinajstić information content (AvgIpc) is 2.58. The lowest BCUT2D eigenvalue weighted by molar-refractivity contribution is -0.116. The summed E-state index contributed by atoms with van der Waals surface area (Å²) in [7, 11) is 1.56. The van der Waals surface area contributed by atoms with Crippen LogP contribution in [0.15, 0.2) is 6.20 Å². The van der Waals surface area contributed by atoms with Crippen LogP contribution in [-0.2, 0) is 11.8 Å². The zero-order valence-electron chi connectivity index (χ0n) is 8.93. The number of rotatable bonds is 5. The summed E-state index contributed by atoms with van der Waals surface area (Å²) in [5, 5.41) is 15.1. The number of anilines is 1. The van der Waals surface area contributed by atoms with Gasteiger partial charge < -0.3 is 16.2 Å². The first-order valence-electron chi connectivity index (χ1n) is 4.81. The van der Waals surface area contributed by atoms with E-state index in [4.69, 9.17) is 10.8 Å². The fraction of sp³-hybridized carbons (Fsp3) is 0.444. The van der Waals surface area contributed by atoms with Crippen LogP contribution >= 0.6 is 0 Å². The lowest BCUT2D eigenvalue weighted by Crippen LogP contribution is -2.17. The molecule has 0 saturated carbocycles. The van der Waals surface area contributed by atoms with Crippen molar-refractivity contribution in [2.24, 2.45) is 12.8 Å². The molecule has 16 heavy (non-hydrogen) atoms. The summed E-state index contributed by atoms with van der Waals surface area (Å²) in [6.45, 7) is 0.421. The van der Waals surface area contributed by atoms with E-state index in [-0.39, 0.29) is 23.7 Å². The molecule has 1 heterocycles. The van der Waals surface area contributed by atoms with Gasteiger partial charge in [0.25, 0.3) is 0 Å². The number of amides is 1. The third kappa shape index (κ3) is 2.80. The predicted molar refractivity (Wildman–Crippen MR) is 57.1 cm³/mol. The molecule has 0 fully saturated rings. The summed E-state index contributed by atoms with van der Waals surface area (Å²) in [6.07, 6.45) is 2.02. The number of hydrogen-bond donors (Lipinski definition) is 3. The second-order valence-electron chi connectivity index (χ2n) is 3.28. The van der Waals surface area contributed by atoms with E-state index in [9.17, 15) is 9.59 Å². The van der Waals surface area contributed by atoms with Crippen LogP contribution in [0.3, 0.4) is 0 Å². The second kappa shape index (κ2) is 5.26. The standard InChI is InChI=1S/C9H14N4O3/c1-13-8(6(5-11-13)9(15)16)12-7(14)3-2-4-10/h5H,2-4,10H2,1H3,(H,12,14)(H,15,16). The van der Waals surface area contributed by atoms with E-state index >= 15 is 0 Å². The van der Waals surface area contributed by atoms with Crippen molar-refractivity contribution in [2.75, 3.05) is 11.9 Å². The van der Waals surface area contributed by atoms with Gasteiger partial charge >= 0.3 is 5.97 Å². The molecule has 1 aromatic heterocycles. The van der Waals surface area contributed by atoms with Crippen molar-refractivity contribution >= 4 is 17.7 Å². The summed E-state index contributed by atoms with van der Waals surface area (Å²) in [4.78, 5) is 22.2. The number of nitrogens with one attached hydrogen (secondary N) is 1. The number of nitrogens with zero attached hydrogens (tertiary/aromatic N) is 2. The Morgan fingerprint density at radius 2 is 2.31 bits per heavy atom. The number of nitrogens with two attached hydrogens (primary N) is 1. The molecule has 0 aliphatic heterocycles. The number of carboxylic acid groups (broad SMARTS) is 1. The van der Waals surface area contributed by atoms with Gasteiger partial charge in [0.15, 0.2) is 0 Å². The monoisotopic (exact) mass is 226 g/mol. The Labute approximate surface area is 92.2 Å². The van der Waals surface area contributed by atoms with E-state index in [1.54, 1.807) is 7.05 Å². The Morgan fingerprint density at radius 1 is 1.62 bits per heavy atom. The molecule has 0 saturated heterocycles. The maximum Gasteiger partial charge on any atom is 0.341 e. The van der Waals surface area contributed by atoms with Gasteiger partial charge in [0, 0.05) is 13.5 Å². The van der Waals surface area contributed by atoms with Gasteiger partial charge in [0.05, 0.1) is 6.20 Å². The Bertz CT molecular complexity index is 399. The molecule has 0 aliphatic carbocycles. The molecule has 0 aromatic carbocycles. The number of hydrogen-bond acceptors (Lipinski definition) is 4. The van der Waals surface area contributed by atoms with Crippen LogP contribution in [0, 0.1) is 0 Å². The molecule has 4 N–H and O–H groups in total. The quantitative estimate of drug-likeness (QED) is 0.643. The first kappa shape index (κ1) is 12.2. The molecule has 88 valence electrons. The zero-order valence-corrected chi connectivity index (χ0v) is 8.93. The molecule has 0 unspecified atom stereocenters. The minimum Gasteiger partial charge on any atom is -0.477 e. The van der Waals surface area contributed by atoms with Gasteiger partial charge in [0.1, 0.15) is 11.4 Å². The maximum atomic E-state index is 11.4. The van der Waals surface area contributed by atoms with Crippen molar-refractivity contribution in [3.8, 4) is 0 Å². The van der Waals surface area contributed by atoms with E-state index in [1.165, 1.54) is 10.9 Å². The molecule has 0 aliphatic rings. The fourth-order valence-corrected chi connectivity index (χ4v) is 1.20. The van der Waals surface area contributed by atoms with Crippen molar-refractivity contribution < 1.29 is 14.7 Å². The minimum atomic E-state index is -1.12. The number of carbonyl (C=O) groups excluding carboxylic acids is 1. The summed E-state index contributed by atoms with van der Waals surface area (Å²) in [6, 6.07) is 0. The SMILES string of the molecule is Cn1ncc(C(=O)O)c1NC(=O)CCCN. The Morgan fingerprint density at radius 3 is 2.88 bits per heavy atom. The van der Waals surface area contributed by atoms with Gasteiger partial charge in [-0.15, -0.1) is 0 Å². The highest BCUT2D eigenvalue weighted by molar-refractivity contribution is 5.99. The van der Waals surface area contributed by atoms with Crippen molar-refractivity contribution in [3.63, 3.8) is 0 Å². The molecule has 7 nitrogen and oxygen atoms in total. The maximum absolute atomic E-state index is 11.4. The van der Waals surface area contributed by atoms with Gasteiger partial charge in [-0.25, -0.2) is 4.79 Å². The van der Waals surface area contributed by atoms with Crippen LogP contribution < -0.4 is 11.1 Å². The third-order valence-corrected chi connectivity index (χ3v) is 2.03. The first-order valence-corrected chi connectivity index (χ1v) is 4.81. The van der Waals surface area contributed by atoms with Crippen molar-refractivity contribution in [1.29, 1.82) is 0 Å². The topological polar surface area (TPSA) is 110 Å². The molecule has 7 heteroatoms. The van der Waals surface area contributed by atoms with Gasteiger partial charge in [-0.3, -0.25) is 9.48 Å². The number of carbonyl (C=O) groups is 2. The molecule has 0 spiro atoms. The van der Waals surface area contributed by atoms with E-state index in [0.29, 0.717) is 13.0 Å². The third-order valence-electron chi connectivity index (χ3n) is 2.03. The molecule has 1 aromatic rings. The summed E-state index contributed by atoms with van der Waals surface area (Å²) in [5.41, 5.74) is 5.24. The highest BCUT2D eigenvalue weighted by Crippen LogP contribution is 2.14. The minimum absolute atomic E-state index is 0.0244. The molecule has 0 bridgehead atoms. The van der Waals surface area contributed by atoms with Crippen LogP contribution in [0.4, 0.5) is 5.82 Å². The number of carboxylic acids is 1. The van der Waals surface area contributed by atoms with Crippen LogP contribution in [0.5, 0.6) is 0 Å². The lowest BCUT2D eigenvalue weighted by Gasteiger charge is -2.06. The largest absolute Gasteiger partial charge is 0.477 e. The zero-order chi connectivity index (χ0) is 12.1. The van der Waals surface area contributed by atoms with Gasteiger partial charge in [-0.2, -0.15) is 5.10 Å². The Kier molecular flexibility index (Phi) is 4.01. The molecule has 0 radical (unpaired) electrons. The summed E-state index contributed by atoms with van der Waals surface area (Å²) in [5.74, 6) is -1.20. The number of aryl methyl sites for hydroxylation is 1. The molecule has 1 amide bonds. The molecular formula is C9H14N4O3. The predicted octanol–water partition coefficient (Wildman–Crippen LogP) is -0.204. The highest BCUT2D eigenvalue weighted by Gasteiger charge is 2.16. The van der Waals surface area contributed by atoms with E-state index in [1.807, 2.05) is 0 Å². The van der Waals surface area contributed by atoms with Crippen LogP contribution in [0.1, 0.15) is 23.2 Å². The molecule has 1 rings (SSSR count). The second-order valence-corrected chi connectivity index (χ2v) is 3.28. The van der Waals surface area contributed by atoms with Crippen molar-refractivity contribution in [1.82, 2.24) is 9.78 Å². The number of aromatic nitrogens is 2. The lowest BCUT2D eigenvalue weighted by atomic mass is 10.3. The first-order chi connectivity index (χ1) is 7.56. The van der Waals surface area contributed by atoms with Crippen LogP contribution in [0.2, 0.25) is 0 Å². The van der Waals surface area contributed by atoms with E-state index in [0.717, 1.165) is 0 Å².